The quantitative estimate of drug-likeness (QED) is 0.805. The summed E-state index contributed by atoms with van der Waals surface area (Å²) >= 11 is 0. The largest absolute Gasteiger partial charge is 0.481 e. The van der Waals surface area contributed by atoms with Crippen molar-refractivity contribution < 1.29 is 14.7 Å². The Balaban J connectivity index is 2.11. The molecule has 0 aromatic heterocycles. The molecule has 0 radical (unpaired) electrons. The fraction of sp³-hybridized carbons (Fsp3) is 0.300. The second-order valence-electron chi connectivity index (χ2n) is 5.88. The number of carboxylic acid groups (broad SMARTS) is 1. The fourth-order valence-corrected chi connectivity index (χ4v) is 2.65. The summed E-state index contributed by atoms with van der Waals surface area (Å²) < 4.78 is 0. The summed E-state index contributed by atoms with van der Waals surface area (Å²) in [7, 11) is 0. The Labute approximate surface area is 142 Å². The van der Waals surface area contributed by atoms with Crippen LogP contribution in [0.15, 0.2) is 60.7 Å². The van der Waals surface area contributed by atoms with Gasteiger partial charge in [0, 0.05) is 19.5 Å². The molecule has 2 aromatic rings. The number of hydrogen-bond acceptors (Lipinski definition) is 2. The van der Waals surface area contributed by atoms with Crippen LogP contribution in [0, 0.1) is 0 Å². The molecule has 0 spiro atoms. The molecular weight excluding hydrogens is 302 g/mol. The number of benzene rings is 2. The standard InChI is InChI=1S/C20H23NO3/c1-16(18-11-6-3-7-12-18)20(24)21(14-8-13-19(22)23)15-17-9-4-2-5-10-17/h2-7,9-12,16H,8,13-15H2,1H3,(H,22,23). The SMILES string of the molecule is CC(C(=O)N(CCCC(=O)O)Cc1ccccc1)c1ccccc1. The maximum atomic E-state index is 12.9. The maximum absolute atomic E-state index is 12.9. The summed E-state index contributed by atoms with van der Waals surface area (Å²) in [4.78, 5) is 25.4. The van der Waals surface area contributed by atoms with E-state index in [9.17, 15) is 9.59 Å². The molecule has 0 bridgehead atoms. The van der Waals surface area contributed by atoms with Crippen LogP contribution in [0.3, 0.4) is 0 Å². The highest BCUT2D eigenvalue weighted by Gasteiger charge is 2.22. The molecule has 0 aliphatic heterocycles. The predicted molar refractivity (Wildman–Crippen MR) is 93.6 cm³/mol. The van der Waals surface area contributed by atoms with E-state index in [2.05, 4.69) is 0 Å². The lowest BCUT2D eigenvalue weighted by Gasteiger charge is -2.26. The van der Waals surface area contributed by atoms with Gasteiger partial charge in [0.1, 0.15) is 0 Å². The molecule has 0 saturated carbocycles. The van der Waals surface area contributed by atoms with Crippen molar-refractivity contribution in [3.8, 4) is 0 Å². The van der Waals surface area contributed by atoms with Gasteiger partial charge in [-0.05, 0) is 24.5 Å². The smallest absolute Gasteiger partial charge is 0.303 e. The van der Waals surface area contributed by atoms with Crippen LogP contribution in [0.2, 0.25) is 0 Å². The monoisotopic (exact) mass is 325 g/mol. The van der Waals surface area contributed by atoms with Crippen molar-refractivity contribution in [2.24, 2.45) is 0 Å². The molecule has 2 aromatic carbocycles. The van der Waals surface area contributed by atoms with E-state index in [0.717, 1.165) is 11.1 Å². The lowest BCUT2D eigenvalue weighted by Crippen LogP contribution is -2.35. The van der Waals surface area contributed by atoms with E-state index in [1.54, 1.807) is 4.90 Å². The molecule has 1 unspecified atom stereocenters. The van der Waals surface area contributed by atoms with Gasteiger partial charge in [0.05, 0.1) is 5.92 Å². The summed E-state index contributed by atoms with van der Waals surface area (Å²) in [6.45, 7) is 2.83. The number of aliphatic carboxylic acids is 1. The van der Waals surface area contributed by atoms with Crippen molar-refractivity contribution >= 4 is 11.9 Å². The van der Waals surface area contributed by atoms with Gasteiger partial charge in [-0.1, -0.05) is 60.7 Å². The number of carbonyl (C=O) groups is 2. The van der Waals surface area contributed by atoms with Crippen molar-refractivity contribution in [3.63, 3.8) is 0 Å². The van der Waals surface area contributed by atoms with Crippen molar-refractivity contribution in [1.29, 1.82) is 0 Å². The molecule has 1 N–H and O–H groups in total. The van der Waals surface area contributed by atoms with E-state index in [0.29, 0.717) is 19.5 Å². The maximum Gasteiger partial charge on any atom is 0.303 e. The first-order chi connectivity index (χ1) is 11.6. The van der Waals surface area contributed by atoms with Crippen LogP contribution in [0.4, 0.5) is 0 Å². The van der Waals surface area contributed by atoms with Gasteiger partial charge in [-0.3, -0.25) is 9.59 Å². The minimum Gasteiger partial charge on any atom is -0.481 e. The Morgan fingerprint density at radius 2 is 1.58 bits per heavy atom. The average molecular weight is 325 g/mol. The van der Waals surface area contributed by atoms with Crippen molar-refractivity contribution in [2.75, 3.05) is 6.54 Å². The van der Waals surface area contributed by atoms with Gasteiger partial charge in [-0.15, -0.1) is 0 Å². The van der Waals surface area contributed by atoms with E-state index in [4.69, 9.17) is 5.11 Å². The molecule has 2 rings (SSSR count). The number of hydrogen-bond donors (Lipinski definition) is 1. The number of carbonyl (C=O) groups excluding carboxylic acids is 1. The Bertz CT molecular complexity index is 655. The van der Waals surface area contributed by atoms with Crippen LogP contribution < -0.4 is 0 Å². The molecule has 0 aliphatic carbocycles. The van der Waals surface area contributed by atoms with E-state index < -0.39 is 5.97 Å². The fourth-order valence-electron chi connectivity index (χ4n) is 2.65. The third kappa shape index (κ3) is 5.23. The summed E-state index contributed by atoms with van der Waals surface area (Å²) in [6, 6.07) is 19.4. The Morgan fingerprint density at radius 1 is 1.00 bits per heavy atom. The zero-order valence-electron chi connectivity index (χ0n) is 13.9. The van der Waals surface area contributed by atoms with Gasteiger partial charge in [0.2, 0.25) is 5.91 Å². The number of amides is 1. The Kier molecular flexibility index (Phi) is 6.55. The summed E-state index contributed by atoms with van der Waals surface area (Å²) in [5.41, 5.74) is 2.01. The average Bonchev–Trinajstić information content (AvgIpc) is 2.61. The van der Waals surface area contributed by atoms with Crippen LogP contribution >= 0.6 is 0 Å². The van der Waals surface area contributed by atoms with Gasteiger partial charge in [0.25, 0.3) is 0 Å². The first-order valence-electron chi connectivity index (χ1n) is 8.17. The normalized spacial score (nSPS) is 11.7. The first-order valence-corrected chi connectivity index (χ1v) is 8.17. The van der Waals surface area contributed by atoms with Gasteiger partial charge in [-0.25, -0.2) is 0 Å². The van der Waals surface area contributed by atoms with Gasteiger partial charge in [0.15, 0.2) is 0 Å². The molecule has 1 atom stereocenters. The molecular formula is C20H23NO3. The van der Waals surface area contributed by atoms with E-state index in [1.165, 1.54) is 0 Å². The van der Waals surface area contributed by atoms with Crippen molar-refractivity contribution in [3.05, 3.63) is 71.8 Å². The molecule has 0 aliphatic rings. The molecule has 0 fully saturated rings. The van der Waals surface area contributed by atoms with Gasteiger partial charge >= 0.3 is 5.97 Å². The molecule has 4 heteroatoms. The van der Waals surface area contributed by atoms with Crippen LogP contribution in [0.5, 0.6) is 0 Å². The van der Waals surface area contributed by atoms with Crippen LogP contribution in [-0.4, -0.2) is 28.4 Å². The molecule has 126 valence electrons. The van der Waals surface area contributed by atoms with E-state index in [-0.39, 0.29) is 18.2 Å². The van der Waals surface area contributed by atoms with Gasteiger partial charge in [-0.2, -0.15) is 0 Å². The zero-order chi connectivity index (χ0) is 17.4. The lowest BCUT2D eigenvalue weighted by molar-refractivity contribution is -0.138. The van der Waals surface area contributed by atoms with E-state index in [1.807, 2.05) is 67.6 Å². The lowest BCUT2D eigenvalue weighted by atomic mass is 9.99. The van der Waals surface area contributed by atoms with Crippen molar-refractivity contribution in [1.82, 2.24) is 4.90 Å². The second-order valence-corrected chi connectivity index (χ2v) is 5.88. The highest BCUT2D eigenvalue weighted by atomic mass is 16.4. The number of nitrogens with zero attached hydrogens (tertiary/aromatic N) is 1. The van der Waals surface area contributed by atoms with Crippen LogP contribution in [-0.2, 0) is 16.1 Å². The third-order valence-corrected chi connectivity index (χ3v) is 4.02. The molecule has 24 heavy (non-hydrogen) atoms. The minimum absolute atomic E-state index is 0.0236. The number of carboxylic acids is 1. The Hall–Kier alpha value is -2.62. The second kappa shape index (κ2) is 8.87. The Morgan fingerprint density at radius 3 is 2.17 bits per heavy atom. The molecule has 0 heterocycles. The third-order valence-electron chi connectivity index (χ3n) is 4.02. The summed E-state index contributed by atoms with van der Waals surface area (Å²) in [6.07, 6.45) is 0.522. The highest BCUT2D eigenvalue weighted by Crippen LogP contribution is 2.19. The topological polar surface area (TPSA) is 57.6 Å². The summed E-state index contributed by atoms with van der Waals surface area (Å²) in [5.74, 6) is -1.06. The number of rotatable bonds is 8. The van der Waals surface area contributed by atoms with Crippen molar-refractivity contribution in [2.45, 2.75) is 32.2 Å². The van der Waals surface area contributed by atoms with Gasteiger partial charge < -0.3 is 10.0 Å². The molecule has 4 nitrogen and oxygen atoms in total. The predicted octanol–water partition coefficient (Wildman–Crippen LogP) is 3.68. The highest BCUT2D eigenvalue weighted by molar-refractivity contribution is 5.83. The van der Waals surface area contributed by atoms with Crippen LogP contribution in [0.25, 0.3) is 0 Å². The zero-order valence-corrected chi connectivity index (χ0v) is 13.9. The molecule has 0 saturated heterocycles. The first kappa shape index (κ1) is 17.7. The minimum atomic E-state index is -0.835. The molecule has 1 amide bonds. The van der Waals surface area contributed by atoms with E-state index >= 15 is 0 Å². The summed E-state index contributed by atoms with van der Waals surface area (Å²) in [5, 5.41) is 8.84. The van der Waals surface area contributed by atoms with Crippen LogP contribution in [0.1, 0.15) is 36.8 Å².